The zero-order valence-corrected chi connectivity index (χ0v) is 13.9. The van der Waals surface area contributed by atoms with Crippen molar-refractivity contribution in [1.82, 2.24) is 4.90 Å². The highest BCUT2D eigenvalue weighted by molar-refractivity contribution is 5.85. The Labute approximate surface area is 132 Å². The molecule has 22 heavy (non-hydrogen) atoms. The lowest BCUT2D eigenvalue weighted by Gasteiger charge is -2.36. The number of hydrogen-bond acceptors (Lipinski definition) is 3. The molecule has 2 atom stereocenters. The Morgan fingerprint density at radius 3 is 2.91 bits per heavy atom. The Kier molecular flexibility index (Phi) is 4.55. The lowest BCUT2D eigenvalue weighted by molar-refractivity contribution is 0.0658. The van der Waals surface area contributed by atoms with E-state index in [1.165, 1.54) is 24.8 Å². The molecule has 0 spiro atoms. The van der Waals surface area contributed by atoms with E-state index in [9.17, 15) is 5.11 Å². The Hall–Kier alpha value is -1.32. The maximum absolute atomic E-state index is 10.8. The standard InChI is InChI=1S/C19H27NO2/c1-4-15-8-5-6-11-20(15)12-18(21)17-10-7-9-16-13(2)14(3)22-19(16)17/h7,9-10,15,18,21H,4-6,8,11-12H2,1-3H3. The molecule has 2 heterocycles. The molecule has 0 radical (unpaired) electrons. The van der Waals surface area contributed by atoms with Gasteiger partial charge in [0.25, 0.3) is 0 Å². The second-order valence-electron chi connectivity index (χ2n) is 6.58. The molecule has 3 nitrogen and oxygen atoms in total. The average molecular weight is 301 g/mol. The molecule has 0 saturated carbocycles. The number of rotatable bonds is 4. The van der Waals surface area contributed by atoms with E-state index in [4.69, 9.17) is 4.42 Å². The molecule has 120 valence electrons. The van der Waals surface area contributed by atoms with Crippen LogP contribution < -0.4 is 0 Å². The number of aryl methyl sites for hydroxylation is 2. The summed E-state index contributed by atoms with van der Waals surface area (Å²) in [6.45, 7) is 8.12. The Morgan fingerprint density at radius 2 is 2.14 bits per heavy atom. The highest BCUT2D eigenvalue weighted by atomic mass is 16.3. The van der Waals surface area contributed by atoms with Crippen molar-refractivity contribution in [3.63, 3.8) is 0 Å². The first kappa shape index (κ1) is 15.6. The van der Waals surface area contributed by atoms with Gasteiger partial charge in [-0.3, -0.25) is 4.90 Å². The van der Waals surface area contributed by atoms with Crippen LogP contribution in [0.25, 0.3) is 11.0 Å². The van der Waals surface area contributed by atoms with Crippen LogP contribution in [0, 0.1) is 13.8 Å². The number of hydrogen-bond donors (Lipinski definition) is 1. The molecule has 3 rings (SSSR count). The van der Waals surface area contributed by atoms with E-state index in [2.05, 4.69) is 24.8 Å². The summed E-state index contributed by atoms with van der Waals surface area (Å²) in [6, 6.07) is 6.71. The molecular formula is C19H27NO2. The zero-order valence-electron chi connectivity index (χ0n) is 13.9. The van der Waals surface area contributed by atoms with Gasteiger partial charge in [-0.1, -0.05) is 31.5 Å². The number of likely N-dealkylation sites (tertiary alicyclic amines) is 1. The Morgan fingerprint density at radius 1 is 1.32 bits per heavy atom. The summed E-state index contributed by atoms with van der Waals surface area (Å²) in [4.78, 5) is 2.45. The summed E-state index contributed by atoms with van der Waals surface area (Å²) in [5.41, 5.74) is 2.96. The van der Waals surface area contributed by atoms with Gasteiger partial charge >= 0.3 is 0 Å². The van der Waals surface area contributed by atoms with Crippen LogP contribution in [0.5, 0.6) is 0 Å². The first-order chi connectivity index (χ1) is 10.6. The van der Waals surface area contributed by atoms with Crippen LogP contribution >= 0.6 is 0 Å². The number of benzene rings is 1. The van der Waals surface area contributed by atoms with Gasteiger partial charge in [-0.15, -0.1) is 0 Å². The summed E-state index contributed by atoms with van der Waals surface area (Å²) >= 11 is 0. The van der Waals surface area contributed by atoms with E-state index in [0.717, 1.165) is 35.3 Å². The first-order valence-electron chi connectivity index (χ1n) is 8.52. The quantitative estimate of drug-likeness (QED) is 0.912. The second kappa shape index (κ2) is 6.43. The largest absolute Gasteiger partial charge is 0.461 e. The molecular weight excluding hydrogens is 274 g/mol. The number of para-hydroxylation sites is 1. The normalized spacial score (nSPS) is 21.4. The maximum Gasteiger partial charge on any atom is 0.140 e. The zero-order chi connectivity index (χ0) is 15.7. The number of fused-ring (bicyclic) bond motifs is 1. The summed E-state index contributed by atoms with van der Waals surface area (Å²) in [7, 11) is 0. The maximum atomic E-state index is 10.8. The van der Waals surface area contributed by atoms with Crippen LogP contribution in [-0.4, -0.2) is 29.1 Å². The van der Waals surface area contributed by atoms with Crippen LogP contribution in [0.15, 0.2) is 22.6 Å². The summed E-state index contributed by atoms with van der Waals surface area (Å²) in [5.74, 6) is 0.944. The number of piperidine rings is 1. The molecule has 3 heteroatoms. The lowest BCUT2D eigenvalue weighted by Crippen LogP contribution is -2.41. The van der Waals surface area contributed by atoms with Crippen LogP contribution in [0.3, 0.4) is 0 Å². The van der Waals surface area contributed by atoms with Gasteiger partial charge in [-0.05, 0) is 45.2 Å². The fourth-order valence-electron chi connectivity index (χ4n) is 3.73. The van der Waals surface area contributed by atoms with Gasteiger partial charge in [0, 0.05) is 23.5 Å². The fraction of sp³-hybridized carbons (Fsp3) is 0.579. The van der Waals surface area contributed by atoms with Gasteiger partial charge in [0.05, 0.1) is 6.10 Å². The van der Waals surface area contributed by atoms with Gasteiger partial charge < -0.3 is 9.52 Å². The molecule has 1 aromatic heterocycles. The molecule has 1 aromatic carbocycles. The van der Waals surface area contributed by atoms with E-state index < -0.39 is 6.10 Å². The molecule has 0 amide bonds. The van der Waals surface area contributed by atoms with Crippen molar-refractivity contribution in [2.45, 2.75) is 58.6 Å². The Balaban J connectivity index is 1.85. The summed E-state index contributed by atoms with van der Waals surface area (Å²) in [5, 5.41) is 11.9. The van der Waals surface area contributed by atoms with E-state index in [-0.39, 0.29) is 0 Å². The summed E-state index contributed by atoms with van der Waals surface area (Å²) in [6.07, 6.45) is 4.49. The minimum atomic E-state index is -0.485. The highest BCUT2D eigenvalue weighted by Crippen LogP contribution is 2.32. The third-order valence-corrected chi connectivity index (χ3v) is 5.22. The molecule has 1 N–H and O–H groups in total. The minimum Gasteiger partial charge on any atom is -0.461 e. The molecule has 0 bridgehead atoms. The van der Waals surface area contributed by atoms with Crippen LogP contribution in [0.2, 0.25) is 0 Å². The van der Waals surface area contributed by atoms with Gasteiger partial charge in [0.1, 0.15) is 11.3 Å². The molecule has 1 fully saturated rings. The van der Waals surface area contributed by atoms with Crippen molar-refractivity contribution in [1.29, 1.82) is 0 Å². The monoisotopic (exact) mass is 301 g/mol. The van der Waals surface area contributed by atoms with E-state index in [0.29, 0.717) is 12.6 Å². The van der Waals surface area contributed by atoms with E-state index in [1.54, 1.807) is 0 Å². The van der Waals surface area contributed by atoms with Gasteiger partial charge in [0.2, 0.25) is 0 Å². The van der Waals surface area contributed by atoms with Crippen molar-refractivity contribution in [3.05, 3.63) is 35.1 Å². The third kappa shape index (κ3) is 2.80. The Bertz CT molecular complexity index is 646. The summed E-state index contributed by atoms with van der Waals surface area (Å²) < 4.78 is 5.91. The van der Waals surface area contributed by atoms with Crippen molar-refractivity contribution < 1.29 is 9.52 Å². The molecule has 1 saturated heterocycles. The number of aliphatic hydroxyl groups is 1. The van der Waals surface area contributed by atoms with E-state index in [1.807, 2.05) is 19.1 Å². The number of furan rings is 1. The lowest BCUT2D eigenvalue weighted by atomic mass is 9.98. The molecule has 1 aliphatic rings. The molecule has 2 unspecified atom stereocenters. The van der Waals surface area contributed by atoms with E-state index >= 15 is 0 Å². The molecule has 0 aliphatic carbocycles. The van der Waals surface area contributed by atoms with Crippen molar-refractivity contribution in [2.75, 3.05) is 13.1 Å². The number of β-amino-alcohol motifs (C(OH)–C–C–N with tert-alkyl or cyclic N) is 1. The predicted molar refractivity (Wildman–Crippen MR) is 90.2 cm³/mol. The van der Waals surface area contributed by atoms with Crippen LogP contribution in [-0.2, 0) is 0 Å². The third-order valence-electron chi connectivity index (χ3n) is 5.22. The van der Waals surface area contributed by atoms with Crippen molar-refractivity contribution >= 4 is 11.0 Å². The van der Waals surface area contributed by atoms with Gasteiger partial charge in [0.15, 0.2) is 0 Å². The number of aliphatic hydroxyl groups excluding tert-OH is 1. The van der Waals surface area contributed by atoms with Gasteiger partial charge in [-0.2, -0.15) is 0 Å². The first-order valence-corrected chi connectivity index (χ1v) is 8.52. The highest BCUT2D eigenvalue weighted by Gasteiger charge is 2.25. The number of nitrogens with zero attached hydrogens (tertiary/aromatic N) is 1. The SMILES string of the molecule is CCC1CCCCN1CC(O)c1cccc2c(C)c(C)oc12. The van der Waals surface area contributed by atoms with Crippen molar-refractivity contribution in [2.24, 2.45) is 0 Å². The minimum absolute atomic E-state index is 0.485. The fourth-order valence-corrected chi connectivity index (χ4v) is 3.73. The smallest absolute Gasteiger partial charge is 0.140 e. The van der Waals surface area contributed by atoms with Gasteiger partial charge in [-0.25, -0.2) is 0 Å². The van der Waals surface area contributed by atoms with Crippen LogP contribution in [0.4, 0.5) is 0 Å². The predicted octanol–water partition coefficient (Wildman–Crippen LogP) is 4.35. The second-order valence-corrected chi connectivity index (χ2v) is 6.58. The molecule has 1 aliphatic heterocycles. The van der Waals surface area contributed by atoms with Crippen molar-refractivity contribution in [3.8, 4) is 0 Å². The molecule has 2 aromatic rings. The van der Waals surface area contributed by atoms with Crippen LogP contribution in [0.1, 0.15) is 55.6 Å². The average Bonchev–Trinajstić information content (AvgIpc) is 2.83. The topological polar surface area (TPSA) is 36.6 Å².